The van der Waals surface area contributed by atoms with E-state index in [4.69, 9.17) is 0 Å². The van der Waals surface area contributed by atoms with E-state index in [-0.39, 0.29) is 11.3 Å². The standard InChI is InChI=1S/C11H16O/c1-10(2)9-4-5-11(10,3)6-8(9)7-12/h4-5,7-9H,6H2,1-3H3. The van der Waals surface area contributed by atoms with Gasteiger partial charge in [-0.05, 0) is 23.2 Å². The molecule has 3 atom stereocenters. The summed E-state index contributed by atoms with van der Waals surface area (Å²) >= 11 is 0. The highest BCUT2D eigenvalue weighted by Gasteiger charge is 2.57. The Balaban J connectivity index is 2.42. The number of allylic oxidation sites excluding steroid dienone is 2. The molecule has 0 N–H and O–H groups in total. The normalized spacial score (nSPS) is 48.2. The first-order valence-electron chi connectivity index (χ1n) is 4.66. The molecule has 2 aliphatic rings. The fourth-order valence-electron chi connectivity index (χ4n) is 2.91. The molecule has 0 aromatic heterocycles. The minimum absolute atomic E-state index is 0.267. The van der Waals surface area contributed by atoms with Crippen molar-refractivity contribution in [3.63, 3.8) is 0 Å². The Labute approximate surface area is 73.8 Å². The van der Waals surface area contributed by atoms with Gasteiger partial charge in [-0.15, -0.1) is 0 Å². The Morgan fingerprint density at radius 2 is 2.08 bits per heavy atom. The zero-order valence-corrected chi connectivity index (χ0v) is 8.00. The van der Waals surface area contributed by atoms with Crippen molar-refractivity contribution in [2.45, 2.75) is 27.2 Å². The molecule has 1 heteroatoms. The van der Waals surface area contributed by atoms with Crippen LogP contribution in [0.3, 0.4) is 0 Å². The summed E-state index contributed by atoms with van der Waals surface area (Å²) in [5, 5.41) is 0. The van der Waals surface area contributed by atoms with Gasteiger partial charge < -0.3 is 4.79 Å². The molecule has 0 spiro atoms. The van der Waals surface area contributed by atoms with Crippen LogP contribution in [-0.2, 0) is 4.79 Å². The van der Waals surface area contributed by atoms with Gasteiger partial charge in [0.2, 0.25) is 0 Å². The van der Waals surface area contributed by atoms with Gasteiger partial charge in [-0.2, -0.15) is 0 Å². The summed E-state index contributed by atoms with van der Waals surface area (Å²) in [4.78, 5) is 10.8. The average Bonchev–Trinajstić information content (AvgIpc) is 2.33. The number of carbonyl (C=O) groups is 1. The summed E-state index contributed by atoms with van der Waals surface area (Å²) in [6.45, 7) is 6.83. The zero-order valence-electron chi connectivity index (χ0n) is 8.00. The van der Waals surface area contributed by atoms with Crippen molar-refractivity contribution in [3.05, 3.63) is 12.2 Å². The van der Waals surface area contributed by atoms with Gasteiger partial charge in [0.15, 0.2) is 0 Å². The molecule has 2 aliphatic carbocycles. The summed E-state index contributed by atoms with van der Waals surface area (Å²) < 4.78 is 0. The summed E-state index contributed by atoms with van der Waals surface area (Å²) in [7, 11) is 0. The van der Waals surface area contributed by atoms with E-state index in [9.17, 15) is 4.79 Å². The van der Waals surface area contributed by atoms with Crippen LogP contribution < -0.4 is 0 Å². The lowest BCUT2D eigenvalue weighted by atomic mass is 9.70. The number of carbonyl (C=O) groups excluding carboxylic acids is 1. The Morgan fingerprint density at radius 1 is 1.42 bits per heavy atom. The topological polar surface area (TPSA) is 17.1 Å². The molecular weight excluding hydrogens is 148 g/mol. The molecule has 1 fully saturated rings. The molecule has 0 aliphatic heterocycles. The SMILES string of the molecule is CC12C=CC(C(C=O)C1)C2(C)C. The quantitative estimate of drug-likeness (QED) is 0.429. The van der Waals surface area contributed by atoms with Gasteiger partial charge in [0, 0.05) is 5.92 Å². The van der Waals surface area contributed by atoms with Crippen molar-refractivity contribution in [3.8, 4) is 0 Å². The number of aldehydes is 1. The van der Waals surface area contributed by atoms with Crippen molar-refractivity contribution < 1.29 is 4.79 Å². The highest BCUT2D eigenvalue weighted by Crippen LogP contribution is 2.63. The third kappa shape index (κ3) is 0.675. The van der Waals surface area contributed by atoms with Crippen molar-refractivity contribution in [2.75, 3.05) is 0 Å². The fraction of sp³-hybridized carbons (Fsp3) is 0.727. The molecular formula is C11H16O. The Hall–Kier alpha value is -0.590. The molecule has 1 saturated carbocycles. The predicted octanol–water partition coefficient (Wildman–Crippen LogP) is 2.42. The van der Waals surface area contributed by atoms with Crippen LogP contribution in [0.25, 0.3) is 0 Å². The van der Waals surface area contributed by atoms with Crippen LogP contribution in [0.2, 0.25) is 0 Å². The molecule has 0 radical (unpaired) electrons. The van der Waals surface area contributed by atoms with Gasteiger partial charge >= 0.3 is 0 Å². The number of rotatable bonds is 1. The molecule has 0 heterocycles. The van der Waals surface area contributed by atoms with Gasteiger partial charge in [-0.25, -0.2) is 0 Å². The van der Waals surface area contributed by atoms with Crippen LogP contribution in [0.5, 0.6) is 0 Å². The Kier molecular flexibility index (Phi) is 1.35. The van der Waals surface area contributed by atoms with E-state index in [1.54, 1.807) is 0 Å². The van der Waals surface area contributed by atoms with Gasteiger partial charge in [-0.1, -0.05) is 32.9 Å². The fourth-order valence-corrected chi connectivity index (χ4v) is 2.91. The van der Waals surface area contributed by atoms with E-state index in [2.05, 4.69) is 32.9 Å². The number of hydrogen-bond donors (Lipinski definition) is 0. The number of hydrogen-bond acceptors (Lipinski definition) is 1. The molecule has 3 unspecified atom stereocenters. The molecule has 2 rings (SSSR count). The highest BCUT2D eigenvalue weighted by molar-refractivity contribution is 5.58. The third-order valence-corrected chi connectivity index (χ3v) is 4.27. The third-order valence-electron chi connectivity index (χ3n) is 4.27. The van der Waals surface area contributed by atoms with E-state index < -0.39 is 0 Å². The van der Waals surface area contributed by atoms with Crippen LogP contribution in [0.15, 0.2) is 12.2 Å². The van der Waals surface area contributed by atoms with Crippen LogP contribution in [-0.4, -0.2) is 6.29 Å². The van der Waals surface area contributed by atoms with E-state index in [0.717, 1.165) is 12.7 Å². The van der Waals surface area contributed by atoms with E-state index in [1.807, 2.05) is 0 Å². The first-order chi connectivity index (χ1) is 5.51. The molecule has 0 amide bonds. The second-order valence-electron chi connectivity index (χ2n) is 5.03. The van der Waals surface area contributed by atoms with Gasteiger partial charge in [0.05, 0.1) is 0 Å². The van der Waals surface area contributed by atoms with Crippen LogP contribution in [0.1, 0.15) is 27.2 Å². The molecule has 2 bridgehead atoms. The summed E-state index contributed by atoms with van der Waals surface area (Å²) in [5.74, 6) is 0.759. The average molecular weight is 164 g/mol. The van der Waals surface area contributed by atoms with Crippen molar-refractivity contribution in [2.24, 2.45) is 22.7 Å². The Bertz CT molecular complexity index is 252. The van der Waals surface area contributed by atoms with E-state index in [1.165, 1.54) is 0 Å². The molecule has 66 valence electrons. The van der Waals surface area contributed by atoms with Gasteiger partial charge in [-0.3, -0.25) is 0 Å². The van der Waals surface area contributed by atoms with Crippen molar-refractivity contribution >= 4 is 6.29 Å². The van der Waals surface area contributed by atoms with E-state index >= 15 is 0 Å². The smallest absolute Gasteiger partial charge is 0.123 e. The largest absolute Gasteiger partial charge is 0.303 e. The first-order valence-corrected chi connectivity index (χ1v) is 4.66. The lowest BCUT2D eigenvalue weighted by molar-refractivity contribution is -0.112. The molecule has 0 saturated heterocycles. The van der Waals surface area contributed by atoms with E-state index in [0.29, 0.717) is 11.3 Å². The molecule has 0 aromatic carbocycles. The van der Waals surface area contributed by atoms with Crippen molar-refractivity contribution in [1.82, 2.24) is 0 Å². The maximum Gasteiger partial charge on any atom is 0.123 e. The minimum Gasteiger partial charge on any atom is -0.303 e. The second kappa shape index (κ2) is 2.01. The summed E-state index contributed by atoms with van der Waals surface area (Å²) in [6, 6.07) is 0. The highest BCUT2D eigenvalue weighted by atomic mass is 16.1. The zero-order chi connectivity index (χ0) is 8.98. The maximum atomic E-state index is 10.8. The second-order valence-corrected chi connectivity index (χ2v) is 5.03. The lowest BCUT2D eigenvalue weighted by Gasteiger charge is -2.33. The van der Waals surface area contributed by atoms with Crippen LogP contribution in [0.4, 0.5) is 0 Å². The van der Waals surface area contributed by atoms with Crippen molar-refractivity contribution in [1.29, 1.82) is 0 Å². The van der Waals surface area contributed by atoms with Crippen LogP contribution in [0, 0.1) is 22.7 Å². The van der Waals surface area contributed by atoms with Crippen LogP contribution >= 0.6 is 0 Å². The first kappa shape index (κ1) is 8.03. The predicted molar refractivity (Wildman–Crippen MR) is 48.7 cm³/mol. The molecule has 1 nitrogen and oxygen atoms in total. The van der Waals surface area contributed by atoms with Gasteiger partial charge in [0.1, 0.15) is 6.29 Å². The number of fused-ring (bicyclic) bond motifs is 2. The molecule has 12 heavy (non-hydrogen) atoms. The molecule has 0 aromatic rings. The van der Waals surface area contributed by atoms with Gasteiger partial charge in [0.25, 0.3) is 0 Å². The maximum absolute atomic E-state index is 10.8. The minimum atomic E-state index is 0.267. The monoisotopic (exact) mass is 164 g/mol. The summed E-state index contributed by atoms with van der Waals surface area (Å²) in [6.07, 6.45) is 6.73. The lowest BCUT2D eigenvalue weighted by Crippen LogP contribution is -2.27. The Morgan fingerprint density at radius 3 is 2.33 bits per heavy atom. The summed E-state index contributed by atoms with van der Waals surface area (Å²) in [5.41, 5.74) is 0.557.